The van der Waals surface area contributed by atoms with E-state index >= 15 is 0 Å². The number of rotatable bonds is 4. The summed E-state index contributed by atoms with van der Waals surface area (Å²) in [6.45, 7) is 1.91. The Labute approximate surface area is 94.8 Å². The Kier molecular flexibility index (Phi) is 4.13. The first kappa shape index (κ1) is 12.5. The van der Waals surface area contributed by atoms with Gasteiger partial charge in [0.1, 0.15) is 0 Å². The number of hydrogen-bond acceptors (Lipinski definition) is 2. The predicted molar refractivity (Wildman–Crippen MR) is 59.9 cm³/mol. The summed E-state index contributed by atoms with van der Waals surface area (Å²) < 4.78 is 30.2. The van der Waals surface area contributed by atoms with E-state index in [0.717, 1.165) is 18.4 Å². The van der Waals surface area contributed by atoms with Gasteiger partial charge in [0, 0.05) is 5.38 Å². The SMILES string of the molecule is CC(Cl)CCc1ccc(S(=O)(=O)O)cc1. The van der Waals surface area contributed by atoms with Crippen molar-refractivity contribution < 1.29 is 13.0 Å². The van der Waals surface area contributed by atoms with Crippen LogP contribution >= 0.6 is 11.6 Å². The summed E-state index contributed by atoms with van der Waals surface area (Å²) in [6, 6.07) is 6.15. The minimum Gasteiger partial charge on any atom is -0.282 e. The molecule has 3 nitrogen and oxygen atoms in total. The van der Waals surface area contributed by atoms with E-state index in [2.05, 4.69) is 0 Å². The molecule has 1 aromatic carbocycles. The molecule has 0 aliphatic heterocycles. The lowest BCUT2D eigenvalue weighted by Crippen LogP contribution is -1.99. The third-order valence-electron chi connectivity index (χ3n) is 2.05. The minimum atomic E-state index is -4.08. The summed E-state index contributed by atoms with van der Waals surface area (Å²) >= 11 is 5.80. The van der Waals surface area contributed by atoms with Crippen LogP contribution in [0.5, 0.6) is 0 Å². The van der Waals surface area contributed by atoms with E-state index < -0.39 is 10.1 Å². The van der Waals surface area contributed by atoms with E-state index in [1.54, 1.807) is 12.1 Å². The van der Waals surface area contributed by atoms with Crippen LogP contribution in [0.3, 0.4) is 0 Å². The van der Waals surface area contributed by atoms with E-state index in [9.17, 15) is 8.42 Å². The van der Waals surface area contributed by atoms with Gasteiger partial charge in [-0.1, -0.05) is 12.1 Å². The van der Waals surface area contributed by atoms with Crippen molar-refractivity contribution >= 4 is 21.7 Å². The monoisotopic (exact) mass is 248 g/mol. The largest absolute Gasteiger partial charge is 0.294 e. The topological polar surface area (TPSA) is 54.4 Å². The Morgan fingerprint density at radius 1 is 1.33 bits per heavy atom. The lowest BCUT2D eigenvalue weighted by Gasteiger charge is -2.03. The summed E-state index contributed by atoms with van der Waals surface area (Å²) in [5, 5.41) is 0.103. The molecular weight excluding hydrogens is 236 g/mol. The van der Waals surface area contributed by atoms with E-state index in [1.165, 1.54) is 12.1 Å². The Bertz CT molecular complexity index is 409. The zero-order valence-corrected chi connectivity index (χ0v) is 9.92. The van der Waals surface area contributed by atoms with E-state index in [1.807, 2.05) is 6.92 Å². The highest BCUT2D eigenvalue weighted by Crippen LogP contribution is 2.13. The summed E-state index contributed by atoms with van der Waals surface area (Å²) in [7, 11) is -4.08. The zero-order valence-electron chi connectivity index (χ0n) is 8.35. The molecule has 1 N–H and O–H groups in total. The quantitative estimate of drug-likeness (QED) is 0.658. The third kappa shape index (κ3) is 4.20. The van der Waals surface area contributed by atoms with Crippen LogP contribution in [0.15, 0.2) is 29.2 Å². The lowest BCUT2D eigenvalue weighted by molar-refractivity contribution is 0.483. The van der Waals surface area contributed by atoms with Crippen LogP contribution in [0.2, 0.25) is 0 Å². The molecule has 1 atom stereocenters. The van der Waals surface area contributed by atoms with Gasteiger partial charge >= 0.3 is 0 Å². The van der Waals surface area contributed by atoms with E-state index in [4.69, 9.17) is 16.2 Å². The van der Waals surface area contributed by atoms with Crippen LogP contribution in [0.4, 0.5) is 0 Å². The molecule has 0 saturated heterocycles. The van der Waals surface area contributed by atoms with Gasteiger partial charge in [0.25, 0.3) is 10.1 Å². The fourth-order valence-corrected chi connectivity index (χ4v) is 1.78. The molecule has 84 valence electrons. The molecule has 1 aromatic rings. The fraction of sp³-hybridized carbons (Fsp3) is 0.400. The molecule has 0 spiro atoms. The zero-order chi connectivity index (χ0) is 11.5. The van der Waals surface area contributed by atoms with Gasteiger partial charge in [-0.2, -0.15) is 8.42 Å². The Morgan fingerprint density at radius 3 is 2.27 bits per heavy atom. The van der Waals surface area contributed by atoms with Crippen LogP contribution in [0.1, 0.15) is 18.9 Å². The average Bonchev–Trinajstić information content (AvgIpc) is 2.14. The van der Waals surface area contributed by atoms with Crippen LogP contribution in [0, 0.1) is 0 Å². The van der Waals surface area contributed by atoms with Gasteiger partial charge in [-0.25, -0.2) is 0 Å². The minimum absolute atomic E-state index is 0.0785. The Hall–Kier alpha value is -0.580. The summed E-state index contributed by atoms with van der Waals surface area (Å²) in [6.07, 6.45) is 1.64. The Balaban J connectivity index is 2.73. The molecule has 1 rings (SSSR count). The van der Waals surface area contributed by atoms with Crippen molar-refractivity contribution in [3.63, 3.8) is 0 Å². The van der Waals surface area contributed by atoms with Crippen LogP contribution in [0.25, 0.3) is 0 Å². The maximum absolute atomic E-state index is 10.7. The molecule has 0 radical (unpaired) electrons. The first-order valence-electron chi connectivity index (χ1n) is 4.60. The molecule has 0 fully saturated rings. The van der Waals surface area contributed by atoms with Crippen molar-refractivity contribution in [2.45, 2.75) is 30.0 Å². The second-order valence-corrected chi connectivity index (χ2v) is 5.61. The Morgan fingerprint density at radius 2 is 1.87 bits per heavy atom. The maximum atomic E-state index is 10.7. The van der Waals surface area contributed by atoms with Gasteiger partial charge in [0.15, 0.2) is 0 Å². The van der Waals surface area contributed by atoms with Gasteiger partial charge in [0.2, 0.25) is 0 Å². The highest BCUT2D eigenvalue weighted by molar-refractivity contribution is 7.85. The first-order valence-corrected chi connectivity index (χ1v) is 6.48. The number of hydrogen-bond donors (Lipinski definition) is 1. The molecule has 0 saturated carbocycles. The van der Waals surface area contributed by atoms with Crippen LogP contribution in [-0.2, 0) is 16.5 Å². The van der Waals surface area contributed by atoms with E-state index in [0.29, 0.717) is 0 Å². The number of halogens is 1. The van der Waals surface area contributed by atoms with Gasteiger partial charge < -0.3 is 0 Å². The molecule has 15 heavy (non-hydrogen) atoms. The lowest BCUT2D eigenvalue weighted by atomic mass is 10.1. The smallest absolute Gasteiger partial charge is 0.282 e. The third-order valence-corrected chi connectivity index (χ3v) is 3.14. The van der Waals surface area contributed by atoms with Crippen molar-refractivity contribution in [2.24, 2.45) is 0 Å². The number of aryl methyl sites for hydroxylation is 1. The highest BCUT2D eigenvalue weighted by Gasteiger charge is 2.08. The van der Waals surface area contributed by atoms with Crippen molar-refractivity contribution in [3.8, 4) is 0 Å². The summed E-state index contributed by atoms with van der Waals surface area (Å²) in [5.74, 6) is 0. The van der Waals surface area contributed by atoms with Crippen molar-refractivity contribution in [1.29, 1.82) is 0 Å². The molecule has 0 bridgehead atoms. The van der Waals surface area contributed by atoms with E-state index in [-0.39, 0.29) is 10.3 Å². The van der Waals surface area contributed by atoms with Gasteiger partial charge in [-0.15, -0.1) is 11.6 Å². The maximum Gasteiger partial charge on any atom is 0.294 e. The molecule has 5 heteroatoms. The summed E-state index contributed by atoms with van der Waals surface area (Å²) in [4.78, 5) is -0.0785. The van der Waals surface area contributed by atoms with Gasteiger partial charge in [-0.3, -0.25) is 4.55 Å². The molecule has 0 aromatic heterocycles. The molecular formula is C10H13ClO3S. The molecule has 0 heterocycles. The number of alkyl halides is 1. The second kappa shape index (κ2) is 4.96. The van der Waals surface area contributed by atoms with Crippen molar-refractivity contribution in [1.82, 2.24) is 0 Å². The van der Waals surface area contributed by atoms with Crippen molar-refractivity contribution in [2.75, 3.05) is 0 Å². The fourth-order valence-electron chi connectivity index (χ4n) is 1.19. The molecule has 0 aliphatic rings. The number of benzene rings is 1. The normalized spacial score (nSPS) is 13.8. The van der Waals surface area contributed by atoms with Gasteiger partial charge in [0.05, 0.1) is 4.90 Å². The summed E-state index contributed by atoms with van der Waals surface area (Å²) in [5.41, 5.74) is 1.01. The molecule has 0 amide bonds. The first-order chi connectivity index (χ1) is 6.89. The van der Waals surface area contributed by atoms with Crippen molar-refractivity contribution in [3.05, 3.63) is 29.8 Å². The predicted octanol–water partition coefficient (Wildman–Crippen LogP) is 2.49. The average molecular weight is 249 g/mol. The second-order valence-electron chi connectivity index (χ2n) is 3.44. The molecule has 0 aliphatic carbocycles. The van der Waals surface area contributed by atoms with Crippen LogP contribution in [-0.4, -0.2) is 18.3 Å². The highest BCUT2D eigenvalue weighted by atomic mass is 35.5. The standard InChI is InChI=1S/C10H13ClO3S/c1-8(11)2-3-9-4-6-10(7-5-9)15(12,13)14/h4-8H,2-3H2,1H3,(H,12,13,14). The van der Waals surface area contributed by atoms with Gasteiger partial charge in [-0.05, 0) is 37.5 Å². The van der Waals surface area contributed by atoms with Crippen LogP contribution < -0.4 is 0 Å². The molecule has 1 unspecified atom stereocenters.